The molecule has 0 fully saturated rings. The average Bonchev–Trinajstić information content (AvgIpc) is 2.54. The molecule has 128 valence electrons. The first-order valence-electron chi connectivity index (χ1n) is 7.62. The smallest absolute Gasteiger partial charge is 0.188 e. The third kappa shape index (κ3) is 6.37. The predicted octanol–water partition coefficient (Wildman–Crippen LogP) is 1.27. The fourth-order valence-corrected chi connectivity index (χ4v) is 3.07. The number of hydrogen-bond acceptors (Lipinski definition) is 4. The SMILES string of the molecule is CS(=O)(=O)Cc1ccccc1CN=C(N)NCCc1ccccn1. The highest BCUT2D eigenvalue weighted by atomic mass is 32.2. The first kappa shape index (κ1) is 17.9. The highest BCUT2D eigenvalue weighted by molar-refractivity contribution is 7.89. The van der Waals surface area contributed by atoms with E-state index in [0.717, 1.165) is 23.2 Å². The van der Waals surface area contributed by atoms with E-state index >= 15 is 0 Å². The van der Waals surface area contributed by atoms with Gasteiger partial charge in [0.15, 0.2) is 15.8 Å². The van der Waals surface area contributed by atoms with Crippen LogP contribution in [0.5, 0.6) is 0 Å². The van der Waals surface area contributed by atoms with Gasteiger partial charge in [-0.1, -0.05) is 30.3 Å². The minimum Gasteiger partial charge on any atom is -0.370 e. The molecule has 0 spiro atoms. The van der Waals surface area contributed by atoms with E-state index in [2.05, 4.69) is 15.3 Å². The zero-order valence-electron chi connectivity index (χ0n) is 13.6. The Morgan fingerprint density at radius 3 is 2.54 bits per heavy atom. The largest absolute Gasteiger partial charge is 0.370 e. The molecule has 3 N–H and O–H groups in total. The number of pyridine rings is 1. The normalized spacial score (nSPS) is 12.1. The molecule has 24 heavy (non-hydrogen) atoms. The van der Waals surface area contributed by atoms with Gasteiger partial charge in [-0.15, -0.1) is 0 Å². The van der Waals surface area contributed by atoms with Crippen LogP contribution in [0, 0.1) is 0 Å². The van der Waals surface area contributed by atoms with E-state index in [-0.39, 0.29) is 5.75 Å². The number of benzene rings is 1. The van der Waals surface area contributed by atoms with Crippen LogP contribution in [-0.4, -0.2) is 32.2 Å². The summed E-state index contributed by atoms with van der Waals surface area (Å²) in [4.78, 5) is 8.52. The fraction of sp³-hybridized carbons (Fsp3) is 0.294. The standard InChI is InChI=1S/C17H22N4O2S/c1-24(22,23)13-15-7-3-2-6-14(15)12-21-17(18)20-11-9-16-8-4-5-10-19-16/h2-8,10H,9,11-13H2,1H3,(H3,18,20,21). The monoisotopic (exact) mass is 346 g/mol. The third-order valence-electron chi connectivity index (χ3n) is 3.37. The van der Waals surface area contributed by atoms with Gasteiger partial charge in [0, 0.05) is 31.1 Å². The zero-order valence-corrected chi connectivity index (χ0v) is 14.5. The number of rotatable bonds is 7. The van der Waals surface area contributed by atoms with Gasteiger partial charge in [0.2, 0.25) is 0 Å². The Bertz CT molecular complexity index is 789. The molecule has 0 bridgehead atoms. The Labute approximate surface area is 142 Å². The lowest BCUT2D eigenvalue weighted by Crippen LogP contribution is -2.33. The molecule has 0 aliphatic carbocycles. The molecular weight excluding hydrogens is 324 g/mol. The van der Waals surface area contributed by atoms with Crippen molar-refractivity contribution in [1.82, 2.24) is 10.3 Å². The number of aliphatic imine (C=N–C) groups is 1. The number of guanidine groups is 1. The Kier molecular flexibility index (Phi) is 6.31. The summed E-state index contributed by atoms with van der Waals surface area (Å²) >= 11 is 0. The van der Waals surface area contributed by atoms with E-state index in [4.69, 9.17) is 5.73 Å². The average molecular weight is 346 g/mol. The van der Waals surface area contributed by atoms with E-state index in [1.807, 2.05) is 36.4 Å². The molecule has 0 aliphatic rings. The Balaban J connectivity index is 1.90. The van der Waals surface area contributed by atoms with Crippen LogP contribution in [-0.2, 0) is 28.6 Å². The lowest BCUT2D eigenvalue weighted by Gasteiger charge is -2.08. The van der Waals surface area contributed by atoms with Gasteiger partial charge in [-0.25, -0.2) is 13.4 Å². The minimum atomic E-state index is -3.09. The second-order valence-corrected chi connectivity index (χ2v) is 7.68. The van der Waals surface area contributed by atoms with Crippen molar-refractivity contribution in [3.05, 3.63) is 65.5 Å². The molecule has 1 heterocycles. The summed E-state index contributed by atoms with van der Waals surface area (Å²) in [5.41, 5.74) is 8.46. The van der Waals surface area contributed by atoms with E-state index in [1.165, 1.54) is 6.26 Å². The Morgan fingerprint density at radius 2 is 1.88 bits per heavy atom. The van der Waals surface area contributed by atoms with E-state index < -0.39 is 9.84 Å². The van der Waals surface area contributed by atoms with Crippen molar-refractivity contribution in [2.75, 3.05) is 12.8 Å². The fourth-order valence-electron chi connectivity index (χ4n) is 2.23. The van der Waals surface area contributed by atoms with Crippen LogP contribution in [0.3, 0.4) is 0 Å². The zero-order chi connectivity index (χ0) is 17.4. The van der Waals surface area contributed by atoms with Crippen LogP contribution >= 0.6 is 0 Å². The van der Waals surface area contributed by atoms with E-state index in [1.54, 1.807) is 12.3 Å². The molecule has 2 rings (SSSR count). The highest BCUT2D eigenvalue weighted by Gasteiger charge is 2.08. The van der Waals surface area contributed by atoms with Gasteiger partial charge < -0.3 is 11.1 Å². The van der Waals surface area contributed by atoms with E-state index in [9.17, 15) is 8.42 Å². The predicted molar refractivity (Wildman–Crippen MR) is 96.3 cm³/mol. The van der Waals surface area contributed by atoms with Crippen LogP contribution in [0.4, 0.5) is 0 Å². The topological polar surface area (TPSA) is 97.4 Å². The Hall–Kier alpha value is -2.41. The van der Waals surface area contributed by atoms with Crippen molar-refractivity contribution in [2.45, 2.75) is 18.7 Å². The summed E-state index contributed by atoms with van der Waals surface area (Å²) in [6, 6.07) is 13.1. The molecule has 6 nitrogen and oxygen atoms in total. The molecule has 2 aromatic rings. The van der Waals surface area contributed by atoms with Crippen molar-refractivity contribution < 1.29 is 8.42 Å². The summed E-state index contributed by atoms with van der Waals surface area (Å²) in [7, 11) is -3.09. The van der Waals surface area contributed by atoms with Gasteiger partial charge in [-0.05, 0) is 23.3 Å². The highest BCUT2D eigenvalue weighted by Crippen LogP contribution is 2.13. The van der Waals surface area contributed by atoms with Crippen molar-refractivity contribution in [1.29, 1.82) is 0 Å². The Morgan fingerprint density at radius 1 is 1.17 bits per heavy atom. The molecule has 0 unspecified atom stereocenters. The molecular formula is C17H22N4O2S. The van der Waals surface area contributed by atoms with Crippen LogP contribution in [0.2, 0.25) is 0 Å². The molecule has 1 aromatic carbocycles. The van der Waals surface area contributed by atoms with Gasteiger partial charge in [-0.3, -0.25) is 4.98 Å². The van der Waals surface area contributed by atoms with Crippen LogP contribution in [0.15, 0.2) is 53.7 Å². The molecule has 0 saturated heterocycles. The summed E-state index contributed by atoms with van der Waals surface area (Å²) in [6.07, 6.45) is 3.73. The first-order valence-corrected chi connectivity index (χ1v) is 9.68. The lowest BCUT2D eigenvalue weighted by atomic mass is 10.1. The lowest BCUT2D eigenvalue weighted by molar-refractivity contribution is 0.601. The van der Waals surface area contributed by atoms with Crippen LogP contribution < -0.4 is 11.1 Å². The van der Waals surface area contributed by atoms with Gasteiger partial charge in [0.25, 0.3) is 0 Å². The second kappa shape index (κ2) is 8.44. The molecule has 0 saturated carbocycles. The number of nitrogens with two attached hydrogens (primary N) is 1. The van der Waals surface area contributed by atoms with Crippen molar-refractivity contribution in [3.8, 4) is 0 Å². The second-order valence-electron chi connectivity index (χ2n) is 5.54. The maximum Gasteiger partial charge on any atom is 0.188 e. The van der Waals surface area contributed by atoms with E-state index in [0.29, 0.717) is 19.0 Å². The van der Waals surface area contributed by atoms with Crippen LogP contribution in [0.25, 0.3) is 0 Å². The number of hydrogen-bond donors (Lipinski definition) is 2. The maximum absolute atomic E-state index is 11.5. The van der Waals surface area contributed by atoms with Gasteiger partial charge in [-0.2, -0.15) is 0 Å². The first-order chi connectivity index (χ1) is 11.4. The molecule has 7 heteroatoms. The summed E-state index contributed by atoms with van der Waals surface area (Å²) in [5.74, 6) is 0.339. The molecule has 0 atom stereocenters. The van der Waals surface area contributed by atoms with Gasteiger partial charge in [0.1, 0.15) is 0 Å². The van der Waals surface area contributed by atoms with Gasteiger partial charge in [0.05, 0.1) is 12.3 Å². The molecule has 0 radical (unpaired) electrons. The quantitative estimate of drug-likeness (QED) is 0.581. The number of nitrogens with one attached hydrogen (secondary N) is 1. The molecule has 1 aromatic heterocycles. The number of sulfone groups is 1. The summed E-state index contributed by atoms with van der Waals surface area (Å²) in [6.45, 7) is 0.978. The molecule has 0 aliphatic heterocycles. The minimum absolute atomic E-state index is 0.00566. The van der Waals surface area contributed by atoms with Gasteiger partial charge >= 0.3 is 0 Å². The maximum atomic E-state index is 11.5. The molecule has 0 amide bonds. The third-order valence-corrected chi connectivity index (χ3v) is 4.20. The van der Waals surface area contributed by atoms with Crippen molar-refractivity contribution >= 4 is 15.8 Å². The number of aromatic nitrogens is 1. The summed E-state index contributed by atoms with van der Waals surface area (Å²) < 4.78 is 23.0. The van der Waals surface area contributed by atoms with Crippen molar-refractivity contribution in [2.24, 2.45) is 10.7 Å². The van der Waals surface area contributed by atoms with Crippen molar-refractivity contribution in [3.63, 3.8) is 0 Å². The number of nitrogens with zero attached hydrogens (tertiary/aromatic N) is 2. The van der Waals surface area contributed by atoms with Crippen LogP contribution in [0.1, 0.15) is 16.8 Å². The summed E-state index contributed by atoms with van der Waals surface area (Å²) in [5, 5.41) is 3.04.